The van der Waals surface area contributed by atoms with Crippen molar-refractivity contribution in [3.05, 3.63) is 78.9 Å². The van der Waals surface area contributed by atoms with E-state index in [1.807, 2.05) is 77.2 Å². The van der Waals surface area contributed by atoms with Crippen LogP contribution < -0.4 is 5.32 Å². The molecule has 0 aliphatic heterocycles. The Morgan fingerprint density at radius 2 is 1.79 bits per heavy atom. The first-order chi connectivity index (χ1) is 13.7. The monoisotopic (exact) mass is 390 g/mol. The Balaban J connectivity index is 1.56. The first-order valence-corrected chi connectivity index (χ1v) is 9.68. The molecule has 3 heterocycles. The number of carbonyl (C=O) groups is 1. The maximum atomic E-state index is 12.4. The van der Waals surface area contributed by atoms with E-state index in [9.17, 15) is 4.79 Å². The zero-order valence-corrected chi connectivity index (χ0v) is 16.0. The molecule has 0 aliphatic rings. The summed E-state index contributed by atoms with van der Waals surface area (Å²) in [5.74, 6) is 0.816. The summed E-state index contributed by atoms with van der Waals surface area (Å²) >= 11 is 1.33. The van der Waals surface area contributed by atoms with Gasteiger partial charge in [-0.25, -0.2) is 4.68 Å². The Bertz CT molecular complexity index is 1080. The standard InChI is InChI=1S/C20H18N6OS/c1-15-6-2-3-7-17(15)22-18(27)14-28-20-24-23-19(16-8-10-21-11-9-16)26(20)25-12-4-5-13-25/h2-13H,14H2,1H3,(H,22,27). The number of para-hydroxylation sites is 1. The summed E-state index contributed by atoms with van der Waals surface area (Å²) in [6.07, 6.45) is 7.25. The molecule has 3 aromatic heterocycles. The molecule has 0 aliphatic carbocycles. The van der Waals surface area contributed by atoms with Crippen LogP contribution in [0.1, 0.15) is 5.56 Å². The second kappa shape index (κ2) is 8.10. The molecule has 0 unspecified atom stereocenters. The topological polar surface area (TPSA) is 77.6 Å². The Kier molecular flexibility index (Phi) is 5.20. The number of hydrogen-bond donors (Lipinski definition) is 1. The van der Waals surface area contributed by atoms with Gasteiger partial charge in [0.05, 0.1) is 5.75 Å². The van der Waals surface area contributed by atoms with E-state index in [0.29, 0.717) is 11.0 Å². The van der Waals surface area contributed by atoms with E-state index < -0.39 is 0 Å². The molecule has 0 atom stereocenters. The van der Waals surface area contributed by atoms with E-state index in [2.05, 4.69) is 20.5 Å². The minimum Gasteiger partial charge on any atom is -0.325 e. The largest absolute Gasteiger partial charge is 0.325 e. The maximum absolute atomic E-state index is 12.4. The number of aromatic nitrogens is 5. The van der Waals surface area contributed by atoms with Crippen LogP contribution in [-0.2, 0) is 4.79 Å². The smallest absolute Gasteiger partial charge is 0.234 e. The number of benzene rings is 1. The van der Waals surface area contributed by atoms with Crippen molar-refractivity contribution >= 4 is 23.4 Å². The van der Waals surface area contributed by atoms with E-state index >= 15 is 0 Å². The van der Waals surface area contributed by atoms with Gasteiger partial charge in [0.15, 0.2) is 5.82 Å². The van der Waals surface area contributed by atoms with Gasteiger partial charge in [-0.3, -0.25) is 14.5 Å². The minimum absolute atomic E-state index is 0.0909. The molecule has 7 nitrogen and oxygen atoms in total. The summed E-state index contributed by atoms with van der Waals surface area (Å²) < 4.78 is 3.76. The molecule has 0 bridgehead atoms. The average molecular weight is 390 g/mol. The van der Waals surface area contributed by atoms with Gasteiger partial charge >= 0.3 is 0 Å². The molecule has 0 saturated carbocycles. The molecule has 1 N–H and O–H groups in total. The Labute approximate surface area is 166 Å². The van der Waals surface area contributed by atoms with Crippen LogP contribution in [0.2, 0.25) is 0 Å². The van der Waals surface area contributed by atoms with Crippen molar-refractivity contribution < 1.29 is 4.79 Å². The van der Waals surface area contributed by atoms with Crippen molar-refractivity contribution in [2.75, 3.05) is 11.1 Å². The number of thioether (sulfide) groups is 1. The molecule has 1 amide bonds. The van der Waals surface area contributed by atoms with Crippen LogP contribution in [0.4, 0.5) is 5.69 Å². The van der Waals surface area contributed by atoms with Gasteiger partial charge in [-0.15, -0.1) is 10.2 Å². The normalized spacial score (nSPS) is 10.8. The van der Waals surface area contributed by atoms with Gasteiger partial charge in [0.2, 0.25) is 11.1 Å². The zero-order chi connectivity index (χ0) is 19.3. The number of rotatable bonds is 6. The number of nitrogens with one attached hydrogen (secondary N) is 1. The first kappa shape index (κ1) is 18.0. The van der Waals surface area contributed by atoms with Crippen molar-refractivity contribution in [2.45, 2.75) is 12.1 Å². The number of anilines is 1. The van der Waals surface area contributed by atoms with Gasteiger partial charge in [0.25, 0.3) is 0 Å². The van der Waals surface area contributed by atoms with Gasteiger partial charge in [-0.2, -0.15) is 0 Å². The van der Waals surface area contributed by atoms with Crippen LogP contribution in [0.15, 0.2) is 78.5 Å². The predicted molar refractivity (Wildman–Crippen MR) is 109 cm³/mol. The van der Waals surface area contributed by atoms with Gasteiger partial charge in [-0.1, -0.05) is 30.0 Å². The molecule has 8 heteroatoms. The molecule has 0 fully saturated rings. The number of amides is 1. The van der Waals surface area contributed by atoms with Crippen LogP contribution in [0.25, 0.3) is 11.4 Å². The van der Waals surface area contributed by atoms with Crippen LogP contribution in [0.3, 0.4) is 0 Å². The Hall–Kier alpha value is -3.39. The summed E-state index contributed by atoms with van der Waals surface area (Å²) in [6.45, 7) is 1.96. The van der Waals surface area contributed by atoms with Gasteiger partial charge in [-0.05, 0) is 42.8 Å². The maximum Gasteiger partial charge on any atom is 0.234 e. The van der Waals surface area contributed by atoms with Crippen LogP contribution >= 0.6 is 11.8 Å². The minimum atomic E-state index is -0.0909. The van der Waals surface area contributed by atoms with Gasteiger partial charge in [0, 0.05) is 36.0 Å². The lowest BCUT2D eigenvalue weighted by molar-refractivity contribution is -0.113. The highest BCUT2D eigenvalue weighted by Crippen LogP contribution is 2.24. The Morgan fingerprint density at radius 3 is 2.54 bits per heavy atom. The van der Waals surface area contributed by atoms with Crippen molar-refractivity contribution in [1.82, 2.24) is 24.5 Å². The van der Waals surface area contributed by atoms with Crippen LogP contribution in [0, 0.1) is 6.92 Å². The third kappa shape index (κ3) is 3.81. The van der Waals surface area contributed by atoms with E-state index in [-0.39, 0.29) is 11.7 Å². The SMILES string of the molecule is Cc1ccccc1NC(=O)CSc1nnc(-c2ccncc2)n1-n1cccc1. The van der Waals surface area contributed by atoms with E-state index in [1.54, 1.807) is 12.4 Å². The third-order valence-electron chi connectivity index (χ3n) is 4.12. The average Bonchev–Trinajstić information content (AvgIpc) is 3.38. The third-order valence-corrected chi connectivity index (χ3v) is 5.04. The molecular weight excluding hydrogens is 372 g/mol. The van der Waals surface area contributed by atoms with Crippen molar-refractivity contribution in [3.63, 3.8) is 0 Å². The highest BCUT2D eigenvalue weighted by molar-refractivity contribution is 7.99. The fraction of sp³-hybridized carbons (Fsp3) is 0.100. The number of hydrogen-bond acceptors (Lipinski definition) is 5. The molecule has 4 aromatic rings. The lowest BCUT2D eigenvalue weighted by atomic mass is 10.2. The predicted octanol–water partition coefficient (Wildman–Crippen LogP) is 3.49. The molecule has 0 saturated heterocycles. The molecular formula is C20H18N6OS. The zero-order valence-electron chi connectivity index (χ0n) is 15.2. The van der Waals surface area contributed by atoms with Gasteiger partial charge in [0.1, 0.15) is 0 Å². The number of carbonyl (C=O) groups excluding carboxylic acids is 1. The second-order valence-electron chi connectivity index (χ2n) is 6.07. The fourth-order valence-corrected chi connectivity index (χ4v) is 3.47. The van der Waals surface area contributed by atoms with Gasteiger partial charge < -0.3 is 5.32 Å². The summed E-state index contributed by atoms with van der Waals surface area (Å²) in [5, 5.41) is 12.2. The van der Waals surface area contributed by atoms with Crippen molar-refractivity contribution in [1.29, 1.82) is 0 Å². The second-order valence-corrected chi connectivity index (χ2v) is 7.01. The quantitative estimate of drug-likeness (QED) is 0.510. The molecule has 140 valence electrons. The summed E-state index contributed by atoms with van der Waals surface area (Å²) in [7, 11) is 0. The number of aryl methyl sites for hydroxylation is 1. The fourth-order valence-electron chi connectivity index (χ4n) is 2.73. The molecule has 1 aromatic carbocycles. The molecule has 28 heavy (non-hydrogen) atoms. The highest BCUT2D eigenvalue weighted by Gasteiger charge is 2.17. The lowest BCUT2D eigenvalue weighted by Gasteiger charge is -2.11. The molecule has 0 spiro atoms. The van der Waals surface area contributed by atoms with Crippen molar-refractivity contribution in [2.24, 2.45) is 0 Å². The first-order valence-electron chi connectivity index (χ1n) is 8.70. The van der Waals surface area contributed by atoms with E-state index in [4.69, 9.17) is 0 Å². The van der Waals surface area contributed by atoms with E-state index in [1.165, 1.54) is 11.8 Å². The number of pyridine rings is 1. The van der Waals surface area contributed by atoms with Crippen molar-refractivity contribution in [3.8, 4) is 11.4 Å². The number of nitrogens with zero attached hydrogens (tertiary/aromatic N) is 5. The highest BCUT2D eigenvalue weighted by atomic mass is 32.2. The van der Waals surface area contributed by atoms with Crippen LogP contribution in [-0.4, -0.2) is 36.2 Å². The summed E-state index contributed by atoms with van der Waals surface area (Å²) in [4.78, 5) is 16.5. The summed E-state index contributed by atoms with van der Waals surface area (Å²) in [5.41, 5.74) is 2.74. The van der Waals surface area contributed by atoms with E-state index in [0.717, 1.165) is 16.8 Å². The Morgan fingerprint density at radius 1 is 1.04 bits per heavy atom. The summed E-state index contributed by atoms with van der Waals surface area (Å²) in [6, 6.07) is 15.3. The molecule has 4 rings (SSSR count). The lowest BCUT2D eigenvalue weighted by Crippen LogP contribution is -2.16. The van der Waals surface area contributed by atoms with Crippen LogP contribution in [0.5, 0.6) is 0 Å². The molecule has 0 radical (unpaired) electrons.